The smallest absolute Gasteiger partial charge is 0.249 e. The van der Waals surface area contributed by atoms with Crippen LogP contribution in [0.25, 0.3) is 0 Å². The van der Waals surface area contributed by atoms with Crippen LogP contribution in [0, 0.1) is 28.1 Å². The molecule has 1 amide bonds. The first-order chi connectivity index (χ1) is 18.1. The molecule has 2 aliphatic rings. The van der Waals surface area contributed by atoms with E-state index >= 15 is 0 Å². The van der Waals surface area contributed by atoms with Crippen LogP contribution in [0.4, 0.5) is 35.0 Å². The molecule has 2 aliphatic heterocycles. The largest absolute Gasteiger partial charge is 0.350 e. The third-order valence-electron chi connectivity index (χ3n) is 7.35. The number of rotatable bonds is 6. The second-order valence-corrected chi connectivity index (χ2v) is 9.98. The van der Waals surface area contributed by atoms with Crippen molar-refractivity contribution in [1.29, 1.82) is 10.5 Å². The maximum atomic E-state index is 14.6. The lowest BCUT2D eigenvalue weighted by Gasteiger charge is -2.46. The van der Waals surface area contributed by atoms with Gasteiger partial charge >= 0.3 is 0 Å². The Morgan fingerprint density at radius 1 is 1.16 bits per heavy atom. The lowest BCUT2D eigenvalue weighted by molar-refractivity contribution is -0.143. The molecule has 3 atom stereocenters. The molecule has 4 heterocycles. The number of halogens is 4. The van der Waals surface area contributed by atoms with E-state index in [4.69, 9.17) is 0 Å². The summed E-state index contributed by atoms with van der Waals surface area (Å²) in [5.41, 5.74) is -3.58. The van der Waals surface area contributed by atoms with Crippen molar-refractivity contribution in [2.45, 2.75) is 44.7 Å². The number of nitrogens with zero attached hydrogens (tertiary/aromatic N) is 8. The van der Waals surface area contributed by atoms with E-state index in [2.05, 4.69) is 15.0 Å². The second-order valence-electron chi connectivity index (χ2n) is 9.98. The molecule has 1 fully saturated rings. The zero-order chi connectivity index (χ0) is 27.8. The molecular weight excluding hydrogens is 504 g/mol. The Bertz CT molecular complexity index is 1310. The highest BCUT2D eigenvalue weighted by Gasteiger charge is 2.52. The molecule has 2 aromatic rings. The Labute approximate surface area is 217 Å². The maximum Gasteiger partial charge on any atom is 0.249 e. The van der Waals surface area contributed by atoms with Crippen LogP contribution in [0.2, 0.25) is 0 Å². The molecule has 0 aromatic carbocycles. The number of pyridine rings is 1. The number of hydrogen-bond donors (Lipinski definition) is 0. The average molecular weight is 531 g/mol. The summed E-state index contributed by atoms with van der Waals surface area (Å²) in [4.78, 5) is 30.5. The summed E-state index contributed by atoms with van der Waals surface area (Å²) in [6, 6.07) is 5.42. The lowest BCUT2D eigenvalue weighted by atomic mass is 9.85. The van der Waals surface area contributed by atoms with Crippen LogP contribution in [0.1, 0.15) is 31.9 Å². The van der Waals surface area contributed by atoms with Crippen molar-refractivity contribution in [2.24, 2.45) is 5.41 Å². The standard InChI is InChI=1S/C25H26F4N8O/c1-15-9-36(23(38)25(10-26,11-27)12-31)16(2)8-35(15)20-19-21(34-14-33-20)37(13-24(19,3)22(28)29)18-6-17(7-30)4-5-32-18/h4-6,14-16,22H,8-11,13H2,1-3H3/t15-,16+,24?/m0/s1. The van der Waals surface area contributed by atoms with E-state index in [1.165, 1.54) is 47.4 Å². The van der Waals surface area contributed by atoms with Gasteiger partial charge in [0.1, 0.15) is 37.1 Å². The lowest BCUT2D eigenvalue weighted by Crippen LogP contribution is -2.62. The molecule has 2 aromatic heterocycles. The number of hydrogen-bond acceptors (Lipinski definition) is 8. The van der Waals surface area contributed by atoms with E-state index in [9.17, 15) is 32.9 Å². The van der Waals surface area contributed by atoms with E-state index in [1.54, 1.807) is 18.7 Å². The minimum absolute atomic E-state index is 0.00306. The molecule has 13 heteroatoms. The van der Waals surface area contributed by atoms with E-state index in [1.807, 2.05) is 6.07 Å². The first kappa shape index (κ1) is 27.0. The van der Waals surface area contributed by atoms with Gasteiger partial charge in [-0.15, -0.1) is 0 Å². The highest BCUT2D eigenvalue weighted by Crippen LogP contribution is 2.50. The van der Waals surface area contributed by atoms with Crippen LogP contribution in [0.3, 0.4) is 0 Å². The van der Waals surface area contributed by atoms with Gasteiger partial charge in [-0.25, -0.2) is 32.5 Å². The van der Waals surface area contributed by atoms with Crippen LogP contribution >= 0.6 is 0 Å². The quantitative estimate of drug-likeness (QED) is 0.523. The molecule has 38 heavy (non-hydrogen) atoms. The number of amides is 1. The summed E-state index contributed by atoms with van der Waals surface area (Å²) < 4.78 is 56.5. The fraction of sp³-hybridized carbons (Fsp3) is 0.520. The molecule has 0 spiro atoms. The molecule has 0 aliphatic carbocycles. The van der Waals surface area contributed by atoms with Gasteiger partial charge in [0.05, 0.1) is 28.7 Å². The van der Waals surface area contributed by atoms with Gasteiger partial charge in [0, 0.05) is 37.9 Å². The Kier molecular flexibility index (Phi) is 7.15. The first-order valence-corrected chi connectivity index (χ1v) is 11.9. The number of nitriles is 2. The van der Waals surface area contributed by atoms with E-state index in [-0.39, 0.29) is 36.8 Å². The van der Waals surface area contributed by atoms with Gasteiger partial charge in [0.2, 0.25) is 12.3 Å². The molecule has 0 radical (unpaired) electrons. The van der Waals surface area contributed by atoms with Crippen LogP contribution in [0.5, 0.6) is 0 Å². The topological polar surface area (TPSA) is 113 Å². The van der Waals surface area contributed by atoms with E-state index in [0.29, 0.717) is 11.4 Å². The highest BCUT2D eigenvalue weighted by atomic mass is 19.3. The molecule has 4 rings (SSSR count). The summed E-state index contributed by atoms with van der Waals surface area (Å²) >= 11 is 0. The fourth-order valence-electron chi connectivity index (χ4n) is 5.02. The van der Waals surface area contributed by atoms with Crippen molar-refractivity contribution >= 4 is 23.4 Å². The number of aromatic nitrogens is 3. The Morgan fingerprint density at radius 2 is 1.84 bits per heavy atom. The molecule has 9 nitrogen and oxygen atoms in total. The first-order valence-electron chi connectivity index (χ1n) is 11.9. The fourth-order valence-corrected chi connectivity index (χ4v) is 5.02. The number of alkyl halides is 4. The highest BCUT2D eigenvalue weighted by molar-refractivity contribution is 5.86. The zero-order valence-corrected chi connectivity index (χ0v) is 21.1. The van der Waals surface area contributed by atoms with E-state index in [0.717, 1.165) is 0 Å². The van der Waals surface area contributed by atoms with Crippen LogP contribution in [-0.2, 0) is 10.2 Å². The predicted octanol–water partition coefficient (Wildman–Crippen LogP) is 3.29. The summed E-state index contributed by atoms with van der Waals surface area (Å²) in [5, 5.41) is 18.6. The number of fused-ring (bicyclic) bond motifs is 1. The average Bonchev–Trinajstić information content (AvgIpc) is 3.25. The Morgan fingerprint density at radius 3 is 2.45 bits per heavy atom. The van der Waals surface area contributed by atoms with Crippen LogP contribution < -0.4 is 9.80 Å². The van der Waals surface area contributed by atoms with Gasteiger partial charge in [-0.3, -0.25) is 4.79 Å². The molecule has 0 saturated carbocycles. The molecule has 1 saturated heterocycles. The molecule has 1 unspecified atom stereocenters. The van der Waals surface area contributed by atoms with Gasteiger partial charge < -0.3 is 14.7 Å². The van der Waals surface area contributed by atoms with Crippen LogP contribution in [-0.4, -0.2) is 77.3 Å². The SMILES string of the molecule is C[C@@H]1CN(c2ncnc3c2C(C)(C(F)F)CN3c2cc(C#N)ccn2)[C@@H](C)CN1C(=O)C(C#N)(CF)CF. The summed E-state index contributed by atoms with van der Waals surface area (Å²) in [6.45, 7) is 1.87. The Balaban J connectivity index is 1.74. The van der Waals surface area contributed by atoms with Crippen molar-refractivity contribution in [3.8, 4) is 12.1 Å². The molecule has 0 N–H and O–H groups in total. The van der Waals surface area contributed by atoms with Crippen molar-refractivity contribution in [3.05, 3.63) is 35.8 Å². The van der Waals surface area contributed by atoms with Gasteiger partial charge in [-0.1, -0.05) is 0 Å². The third kappa shape index (κ3) is 4.16. The predicted molar refractivity (Wildman–Crippen MR) is 129 cm³/mol. The molecular formula is C25H26F4N8O. The van der Waals surface area contributed by atoms with Gasteiger partial charge in [0.25, 0.3) is 0 Å². The molecule has 200 valence electrons. The Hall–Kier alpha value is -4.00. The summed E-state index contributed by atoms with van der Waals surface area (Å²) in [6.07, 6.45) is -0.117. The number of piperazine rings is 1. The number of anilines is 3. The third-order valence-corrected chi connectivity index (χ3v) is 7.35. The summed E-state index contributed by atoms with van der Waals surface area (Å²) in [7, 11) is 0. The maximum absolute atomic E-state index is 14.6. The number of carbonyl (C=O) groups is 1. The monoisotopic (exact) mass is 530 g/mol. The normalized spacial score (nSPS) is 23.3. The molecule has 0 bridgehead atoms. The van der Waals surface area contributed by atoms with Crippen LogP contribution in [0.15, 0.2) is 24.7 Å². The van der Waals surface area contributed by atoms with Crippen molar-refractivity contribution in [1.82, 2.24) is 19.9 Å². The van der Waals surface area contributed by atoms with Gasteiger partial charge in [0.15, 0.2) is 5.41 Å². The van der Waals surface area contributed by atoms with Crippen molar-refractivity contribution in [2.75, 3.05) is 42.8 Å². The summed E-state index contributed by atoms with van der Waals surface area (Å²) in [5.74, 6) is -0.159. The van der Waals surface area contributed by atoms with Gasteiger partial charge in [-0.05, 0) is 32.9 Å². The van der Waals surface area contributed by atoms with E-state index < -0.39 is 48.6 Å². The number of carbonyl (C=O) groups excluding carboxylic acids is 1. The minimum Gasteiger partial charge on any atom is -0.350 e. The van der Waals surface area contributed by atoms with Crippen molar-refractivity contribution in [3.63, 3.8) is 0 Å². The minimum atomic E-state index is -2.80. The van der Waals surface area contributed by atoms with Gasteiger partial charge in [-0.2, -0.15) is 10.5 Å². The second kappa shape index (κ2) is 10.0. The van der Waals surface area contributed by atoms with Crippen molar-refractivity contribution < 1.29 is 22.4 Å². The zero-order valence-electron chi connectivity index (χ0n) is 21.1.